The average molecular weight is 270 g/mol. The van der Waals surface area contributed by atoms with Gasteiger partial charge in [-0.3, -0.25) is 0 Å². The van der Waals surface area contributed by atoms with Crippen LogP contribution in [0.25, 0.3) is 5.69 Å². The van der Waals surface area contributed by atoms with E-state index < -0.39 is 0 Å². The van der Waals surface area contributed by atoms with Gasteiger partial charge < -0.3 is 9.88 Å². The first-order chi connectivity index (χ1) is 9.54. The second-order valence-corrected chi connectivity index (χ2v) is 5.70. The first-order valence-corrected chi connectivity index (χ1v) is 7.50. The van der Waals surface area contributed by atoms with Crippen LogP contribution in [0.5, 0.6) is 0 Å². The lowest BCUT2D eigenvalue weighted by molar-refractivity contribution is 0.672. The van der Waals surface area contributed by atoms with Crippen molar-refractivity contribution in [3.63, 3.8) is 0 Å². The fraction of sp³-hybridized carbons (Fsp3) is 0.444. The Kier molecular flexibility index (Phi) is 4.66. The Morgan fingerprint density at radius 2 is 1.80 bits per heavy atom. The molecule has 0 unspecified atom stereocenters. The largest absolute Gasteiger partial charge is 0.318 e. The van der Waals surface area contributed by atoms with E-state index in [-0.39, 0.29) is 0 Å². The molecule has 1 aromatic heterocycles. The standard InChI is InChI=1S/C18H26N2/c1-6-9-19-12-17-11-15(4)20(16(17)5)18-8-7-13(2)10-14(18)3/h7-8,10-11,19H,6,9,12H2,1-5H3. The molecule has 0 spiro atoms. The van der Waals surface area contributed by atoms with Gasteiger partial charge in [0.1, 0.15) is 0 Å². The van der Waals surface area contributed by atoms with E-state index in [0.717, 1.165) is 13.1 Å². The maximum Gasteiger partial charge on any atom is 0.0484 e. The summed E-state index contributed by atoms with van der Waals surface area (Å²) in [6.07, 6.45) is 1.18. The molecule has 0 bridgehead atoms. The molecule has 2 heteroatoms. The van der Waals surface area contributed by atoms with Gasteiger partial charge in [-0.25, -0.2) is 0 Å². The van der Waals surface area contributed by atoms with E-state index >= 15 is 0 Å². The van der Waals surface area contributed by atoms with Crippen molar-refractivity contribution in [1.82, 2.24) is 9.88 Å². The summed E-state index contributed by atoms with van der Waals surface area (Å²) in [7, 11) is 0. The van der Waals surface area contributed by atoms with Crippen LogP contribution in [0.2, 0.25) is 0 Å². The Balaban J connectivity index is 2.37. The summed E-state index contributed by atoms with van der Waals surface area (Å²) in [5, 5.41) is 3.49. The second kappa shape index (κ2) is 6.27. The summed E-state index contributed by atoms with van der Waals surface area (Å²) < 4.78 is 2.37. The van der Waals surface area contributed by atoms with Crippen molar-refractivity contribution in [2.75, 3.05) is 6.54 Å². The van der Waals surface area contributed by atoms with Gasteiger partial charge in [-0.05, 0) is 63.9 Å². The lowest BCUT2D eigenvalue weighted by Crippen LogP contribution is -2.14. The number of aryl methyl sites for hydroxylation is 3. The second-order valence-electron chi connectivity index (χ2n) is 5.70. The quantitative estimate of drug-likeness (QED) is 0.805. The predicted molar refractivity (Wildman–Crippen MR) is 86.7 cm³/mol. The normalized spacial score (nSPS) is 11.1. The van der Waals surface area contributed by atoms with E-state index in [1.165, 1.54) is 40.2 Å². The maximum absolute atomic E-state index is 3.49. The molecule has 108 valence electrons. The zero-order valence-electron chi connectivity index (χ0n) is 13.4. The number of hydrogen-bond donors (Lipinski definition) is 1. The molecule has 2 aromatic rings. The highest BCUT2D eigenvalue weighted by Gasteiger charge is 2.11. The van der Waals surface area contributed by atoms with E-state index in [9.17, 15) is 0 Å². The number of aromatic nitrogens is 1. The van der Waals surface area contributed by atoms with Gasteiger partial charge in [0.25, 0.3) is 0 Å². The van der Waals surface area contributed by atoms with Crippen molar-refractivity contribution in [3.8, 4) is 5.69 Å². The van der Waals surface area contributed by atoms with Crippen molar-refractivity contribution in [2.24, 2.45) is 0 Å². The number of rotatable bonds is 5. The van der Waals surface area contributed by atoms with Crippen LogP contribution in [0.3, 0.4) is 0 Å². The monoisotopic (exact) mass is 270 g/mol. The maximum atomic E-state index is 3.49. The lowest BCUT2D eigenvalue weighted by atomic mass is 10.1. The van der Waals surface area contributed by atoms with Crippen molar-refractivity contribution >= 4 is 0 Å². The minimum atomic E-state index is 0.957. The summed E-state index contributed by atoms with van der Waals surface area (Å²) in [5.74, 6) is 0. The van der Waals surface area contributed by atoms with Crippen LogP contribution in [0.1, 0.15) is 41.4 Å². The van der Waals surface area contributed by atoms with Crippen molar-refractivity contribution in [1.29, 1.82) is 0 Å². The highest BCUT2D eigenvalue weighted by molar-refractivity contribution is 5.47. The van der Waals surface area contributed by atoms with Crippen LogP contribution in [0.15, 0.2) is 24.3 Å². The molecule has 1 heterocycles. The Morgan fingerprint density at radius 3 is 2.45 bits per heavy atom. The molecule has 0 fully saturated rings. The Bertz CT molecular complexity index is 594. The zero-order chi connectivity index (χ0) is 14.7. The molecule has 1 aromatic carbocycles. The summed E-state index contributed by atoms with van der Waals surface area (Å²) in [5.41, 5.74) is 8.00. The van der Waals surface area contributed by atoms with Crippen LogP contribution in [0.4, 0.5) is 0 Å². The molecule has 20 heavy (non-hydrogen) atoms. The molecule has 0 atom stereocenters. The number of hydrogen-bond acceptors (Lipinski definition) is 1. The topological polar surface area (TPSA) is 17.0 Å². The van der Waals surface area contributed by atoms with E-state index in [1.807, 2.05) is 0 Å². The van der Waals surface area contributed by atoms with Crippen LogP contribution < -0.4 is 5.32 Å². The smallest absolute Gasteiger partial charge is 0.0484 e. The highest BCUT2D eigenvalue weighted by atomic mass is 15.0. The van der Waals surface area contributed by atoms with Crippen LogP contribution in [-0.2, 0) is 6.54 Å². The third-order valence-electron chi connectivity index (χ3n) is 3.87. The van der Waals surface area contributed by atoms with E-state index in [1.54, 1.807) is 0 Å². The summed E-state index contributed by atoms with van der Waals surface area (Å²) in [6.45, 7) is 13.0. The SMILES string of the molecule is CCCNCc1cc(C)n(-c2ccc(C)cc2C)c1C. The van der Waals surface area contributed by atoms with Gasteiger partial charge in [0.05, 0.1) is 0 Å². The van der Waals surface area contributed by atoms with Crippen molar-refractivity contribution in [2.45, 2.75) is 47.6 Å². The molecule has 0 amide bonds. The molecule has 2 rings (SSSR count). The molecule has 2 nitrogen and oxygen atoms in total. The Morgan fingerprint density at radius 1 is 1.05 bits per heavy atom. The van der Waals surface area contributed by atoms with Gasteiger partial charge in [0, 0.05) is 23.6 Å². The van der Waals surface area contributed by atoms with Gasteiger partial charge in [-0.1, -0.05) is 24.6 Å². The molecular formula is C18H26N2. The van der Waals surface area contributed by atoms with Crippen LogP contribution in [-0.4, -0.2) is 11.1 Å². The van der Waals surface area contributed by atoms with E-state index in [4.69, 9.17) is 0 Å². The summed E-state index contributed by atoms with van der Waals surface area (Å²) in [6, 6.07) is 8.98. The predicted octanol–water partition coefficient (Wildman–Crippen LogP) is 4.21. The van der Waals surface area contributed by atoms with Crippen molar-refractivity contribution in [3.05, 3.63) is 52.3 Å². The first kappa shape index (κ1) is 14.9. The molecule has 0 aliphatic rings. The fourth-order valence-corrected chi connectivity index (χ4v) is 2.84. The zero-order valence-corrected chi connectivity index (χ0v) is 13.4. The van der Waals surface area contributed by atoms with Gasteiger partial charge in [-0.15, -0.1) is 0 Å². The molecule has 0 saturated heterocycles. The molecule has 0 saturated carbocycles. The summed E-state index contributed by atoms with van der Waals surface area (Å²) >= 11 is 0. The van der Waals surface area contributed by atoms with E-state index in [2.05, 4.69) is 68.8 Å². The average Bonchev–Trinajstić information content (AvgIpc) is 2.66. The Labute approximate surface area is 122 Å². The Hall–Kier alpha value is -1.54. The fourth-order valence-electron chi connectivity index (χ4n) is 2.84. The van der Waals surface area contributed by atoms with Gasteiger partial charge in [0.2, 0.25) is 0 Å². The summed E-state index contributed by atoms with van der Waals surface area (Å²) in [4.78, 5) is 0. The van der Waals surface area contributed by atoms with Crippen LogP contribution in [0, 0.1) is 27.7 Å². The highest BCUT2D eigenvalue weighted by Crippen LogP contribution is 2.23. The minimum Gasteiger partial charge on any atom is -0.318 e. The first-order valence-electron chi connectivity index (χ1n) is 7.50. The van der Waals surface area contributed by atoms with Gasteiger partial charge in [0.15, 0.2) is 0 Å². The van der Waals surface area contributed by atoms with Crippen molar-refractivity contribution < 1.29 is 0 Å². The molecule has 0 radical (unpaired) electrons. The van der Waals surface area contributed by atoms with E-state index in [0.29, 0.717) is 0 Å². The molecular weight excluding hydrogens is 244 g/mol. The number of nitrogens with zero attached hydrogens (tertiary/aromatic N) is 1. The molecule has 1 N–H and O–H groups in total. The van der Waals surface area contributed by atoms with Crippen LogP contribution >= 0.6 is 0 Å². The third-order valence-corrected chi connectivity index (χ3v) is 3.87. The minimum absolute atomic E-state index is 0.957. The molecule has 0 aliphatic carbocycles. The van der Waals surface area contributed by atoms with Gasteiger partial charge >= 0.3 is 0 Å². The number of nitrogens with one attached hydrogen (secondary N) is 1. The lowest BCUT2D eigenvalue weighted by Gasteiger charge is -2.14. The molecule has 0 aliphatic heterocycles. The third kappa shape index (κ3) is 2.96. The van der Waals surface area contributed by atoms with Gasteiger partial charge in [-0.2, -0.15) is 0 Å². The number of benzene rings is 1.